The molecule has 4 heteroatoms. The van der Waals surface area contributed by atoms with Crippen LogP contribution in [-0.2, 0) is 11.2 Å². The van der Waals surface area contributed by atoms with E-state index in [-0.39, 0.29) is 12.0 Å². The van der Waals surface area contributed by atoms with Crippen LogP contribution in [0.15, 0.2) is 91.0 Å². The van der Waals surface area contributed by atoms with E-state index in [4.69, 9.17) is 0 Å². The molecule has 0 aliphatic heterocycles. The van der Waals surface area contributed by atoms with E-state index < -0.39 is 11.9 Å². The molecule has 31 heavy (non-hydrogen) atoms. The van der Waals surface area contributed by atoms with Crippen molar-refractivity contribution in [2.75, 3.05) is 0 Å². The lowest BCUT2D eigenvalue weighted by molar-refractivity contribution is -0.136. The minimum Gasteiger partial charge on any atom is -0.481 e. The second-order valence-corrected chi connectivity index (χ2v) is 7.21. The first-order valence-electron chi connectivity index (χ1n) is 9.87. The van der Waals surface area contributed by atoms with E-state index in [0.717, 1.165) is 33.0 Å². The normalized spacial score (nSPS) is 11.4. The first kappa shape index (κ1) is 20.1. The molecule has 0 unspecified atom stereocenters. The third-order valence-corrected chi connectivity index (χ3v) is 5.20. The molecule has 0 aromatic heterocycles. The van der Waals surface area contributed by atoms with E-state index in [2.05, 4.69) is 0 Å². The Labute approximate surface area is 179 Å². The van der Waals surface area contributed by atoms with Crippen molar-refractivity contribution in [2.24, 2.45) is 0 Å². The summed E-state index contributed by atoms with van der Waals surface area (Å²) < 4.78 is 0. The lowest BCUT2D eigenvalue weighted by Crippen LogP contribution is -2.04. The molecule has 0 aliphatic rings. The van der Waals surface area contributed by atoms with Gasteiger partial charge in [0.1, 0.15) is 0 Å². The number of aliphatic carboxylic acids is 1. The van der Waals surface area contributed by atoms with Crippen LogP contribution < -0.4 is 0 Å². The van der Waals surface area contributed by atoms with Gasteiger partial charge in [0.15, 0.2) is 0 Å². The molecule has 152 valence electrons. The molecule has 0 spiro atoms. The number of rotatable bonds is 6. The van der Waals surface area contributed by atoms with Gasteiger partial charge >= 0.3 is 11.9 Å². The second-order valence-electron chi connectivity index (χ2n) is 7.21. The minimum absolute atomic E-state index is 0.0791. The zero-order valence-corrected chi connectivity index (χ0v) is 16.7. The lowest BCUT2D eigenvalue weighted by atomic mass is 9.87. The fourth-order valence-corrected chi connectivity index (χ4v) is 3.83. The van der Waals surface area contributed by atoms with Gasteiger partial charge in [0, 0.05) is 0 Å². The highest BCUT2D eigenvalue weighted by atomic mass is 16.4. The van der Waals surface area contributed by atoms with Crippen LogP contribution in [0.1, 0.15) is 32.6 Å². The van der Waals surface area contributed by atoms with Crippen LogP contribution >= 0.6 is 0 Å². The number of hydrogen-bond acceptors (Lipinski definition) is 2. The number of fused-ring (bicyclic) bond motifs is 1. The first-order chi connectivity index (χ1) is 15.0. The third kappa shape index (κ3) is 4.23. The summed E-state index contributed by atoms with van der Waals surface area (Å²) in [5.41, 5.74) is 4.09. The van der Waals surface area contributed by atoms with Gasteiger partial charge in [-0.3, -0.25) is 4.79 Å². The standard InChI is InChI=1S/C27H20O4/c28-26(29)17-19-14-15-23(21-11-5-4-10-20(19)21)25(16-18-8-2-1-3-9-18)22-12-6-7-13-24(22)27(30)31/h1-16H,17H2,(H,28,29)(H,30,31). The summed E-state index contributed by atoms with van der Waals surface area (Å²) in [6.07, 6.45) is 1.89. The Balaban J connectivity index is 2.02. The maximum absolute atomic E-state index is 12.0. The molecule has 0 fully saturated rings. The molecule has 0 aliphatic carbocycles. The van der Waals surface area contributed by atoms with Crippen LogP contribution in [0.25, 0.3) is 22.4 Å². The molecule has 0 heterocycles. The Morgan fingerprint density at radius 3 is 1.94 bits per heavy atom. The highest BCUT2D eigenvalue weighted by Gasteiger charge is 2.18. The number of carbonyl (C=O) groups is 2. The summed E-state index contributed by atoms with van der Waals surface area (Å²) in [7, 11) is 0. The third-order valence-electron chi connectivity index (χ3n) is 5.20. The summed E-state index contributed by atoms with van der Waals surface area (Å²) in [5, 5.41) is 20.8. The zero-order chi connectivity index (χ0) is 21.8. The molecular weight excluding hydrogens is 388 g/mol. The van der Waals surface area contributed by atoms with Gasteiger partial charge in [-0.1, -0.05) is 84.9 Å². The van der Waals surface area contributed by atoms with Crippen molar-refractivity contribution in [2.45, 2.75) is 6.42 Å². The molecule has 4 rings (SSSR count). The van der Waals surface area contributed by atoms with Gasteiger partial charge < -0.3 is 10.2 Å². The van der Waals surface area contributed by atoms with Crippen LogP contribution in [0, 0.1) is 0 Å². The van der Waals surface area contributed by atoms with Gasteiger partial charge in [-0.2, -0.15) is 0 Å². The van der Waals surface area contributed by atoms with Crippen molar-refractivity contribution >= 4 is 34.4 Å². The Bertz CT molecular complexity index is 1300. The Hall–Kier alpha value is -4.18. The smallest absolute Gasteiger partial charge is 0.336 e. The van der Waals surface area contributed by atoms with Crippen LogP contribution in [0.2, 0.25) is 0 Å². The number of carboxylic acids is 2. The van der Waals surface area contributed by atoms with E-state index in [1.54, 1.807) is 18.2 Å². The van der Waals surface area contributed by atoms with E-state index in [1.165, 1.54) is 0 Å². The second kappa shape index (κ2) is 8.67. The number of benzene rings is 4. The summed E-state index contributed by atoms with van der Waals surface area (Å²) in [5.74, 6) is -1.89. The first-order valence-corrected chi connectivity index (χ1v) is 9.87. The molecule has 0 saturated heterocycles. The monoisotopic (exact) mass is 408 g/mol. The minimum atomic E-state index is -0.999. The average Bonchev–Trinajstić information content (AvgIpc) is 2.78. The van der Waals surface area contributed by atoms with Gasteiger partial charge in [-0.15, -0.1) is 0 Å². The largest absolute Gasteiger partial charge is 0.481 e. The summed E-state index contributed by atoms with van der Waals surface area (Å²) >= 11 is 0. The Morgan fingerprint density at radius 1 is 0.645 bits per heavy atom. The van der Waals surface area contributed by atoms with Gasteiger partial charge in [0.25, 0.3) is 0 Å². The van der Waals surface area contributed by atoms with Crippen molar-refractivity contribution in [1.29, 1.82) is 0 Å². The lowest BCUT2D eigenvalue weighted by Gasteiger charge is -2.16. The van der Waals surface area contributed by atoms with Crippen molar-refractivity contribution < 1.29 is 19.8 Å². The Kier molecular flexibility index (Phi) is 5.63. The highest BCUT2D eigenvalue weighted by Crippen LogP contribution is 2.35. The molecule has 0 saturated carbocycles. The van der Waals surface area contributed by atoms with E-state index in [1.807, 2.05) is 78.9 Å². The van der Waals surface area contributed by atoms with Crippen molar-refractivity contribution in [3.63, 3.8) is 0 Å². The maximum Gasteiger partial charge on any atom is 0.336 e. The van der Waals surface area contributed by atoms with Crippen LogP contribution in [0.5, 0.6) is 0 Å². The molecular formula is C27H20O4. The number of aromatic carboxylic acids is 1. The van der Waals surface area contributed by atoms with E-state index in [0.29, 0.717) is 5.56 Å². The predicted molar refractivity (Wildman–Crippen MR) is 122 cm³/mol. The van der Waals surface area contributed by atoms with Crippen molar-refractivity contribution in [3.05, 3.63) is 119 Å². The summed E-state index contributed by atoms with van der Waals surface area (Å²) in [6, 6.07) is 28.0. The van der Waals surface area contributed by atoms with Gasteiger partial charge in [0.05, 0.1) is 12.0 Å². The molecule has 4 aromatic carbocycles. The highest BCUT2D eigenvalue weighted by molar-refractivity contribution is 6.07. The summed E-state index contributed by atoms with van der Waals surface area (Å²) in [4.78, 5) is 23.3. The van der Waals surface area contributed by atoms with Crippen molar-refractivity contribution in [1.82, 2.24) is 0 Å². The molecule has 0 radical (unpaired) electrons. The molecule has 0 atom stereocenters. The number of carboxylic acid groups (broad SMARTS) is 2. The molecule has 0 amide bonds. The average molecular weight is 408 g/mol. The predicted octanol–water partition coefficient (Wildman–Crippen LogP) is 5.75. The van der Waals surface area contributed by atoms with E-state index in [9.17, 15) is 19.8 Å². The van der Waals surface area contributed by atoms with Crippen LogP contribution in [-0.4, -0.2) is 22.2 Å². The SMILES string of the molecule is O=C(O)Cc1ccc(C(=Cc2ccccc2)c2ccccc2C(=O)O)c2ccccc12. The molecule has 2 N–H and O–H groups in total. The fourth-order valence-electron chi connectivity index (χ4n) is 3.83. The maximum atomic E-state index is 12.0. The van der Waals surface area contributed by atoms with E-state index >= 15 is 0 Å². The van der Waals surface area contributed by atoms with Crippen LogP contribution in [0.4, 0.5) is 0 Å². The van der Waals surface area contributed by atoms with Crippen molar-refractivity contribution in [3.8, 4) is 0 Å². The number of hydrogen-bond donors (Lipinski definition) is 2. The fraction of sp³-hybridized carbons (Fsp3) is 0.0370. The molecule has 0 bridgehead atoms. The molecule has 4 aromatic rings. The Morgan fingerprint density at radius 2 is 1.26 bits per heavy atom. The van der Waals surface area contributed by atoms with Gasteiger partial charge in [0.2, 0.25) is 0 Å². The van der Waals surface area contributed by atoms with Crippen LogP contribution in [0.3, 0.4) is 0 Å². The topological polar surface area (TPSA) is 74.6 Å². The van der Waals surface area contributed by atoms with Gasteiger partial charge in [-0.05, 0) is 50.7 Å². The summed E-state index contributed by atoms with van der Waals surface area (Å²) in [6.45, 7) is 0. The quantitative estimate of drug-likeness (QED) is 0.398. The molecule has 4 nitrogen and oxygen atoms in total. The van der Waals surface area contributed by atoms with Gasteiger partial charge in [-0.25, -0.2) is 4.79 Å². The zero-order valence-electron chi connectivity index (χ0n) is 16.7.